The lowest BCUT2D eigenvalue weighted by molar-refractivity contribution is -0.0893. The third-order valence-corrected chi connectivity index (χ3v) is 11.5. The molecule has 5 aromatic carbocycles. The SMILES string of the molecule is CC(C)(O)C(C)(C)OBc1cccc2c1-c1ccccc1C21C2=CC=CCC2Oc2c(-c3cc(-c4ccccc4)nc(-c4ccccc4)n3)cccc21. The standard InChI is InChI=1S/C47H41BN2O3/c1-45(2,51)46(3,4)53-48-38-27-16-25-36-42(38)32-21-11-12-23-34(32)47(36)35-24-13-14-28-41(35)52-43-33(22-15-26-37(43)47)40-29-39(30-17-7-5-8-18-30)49-44(50-40)31-19-9-6-10-20-31/h5-27,29,41,48,51H,28H2,1-4H3. The van der Waals surface area contributed by atoms with Crippen LogP contribution < -0.4 is 10.2 Å². The van der Waals surface area contributed by atoms with Crippen LogP contribution in [0.2, 0.25) is 0 Å². The molecule has 2 heterocycles. The molecule has 5 nitrogen and oxygen atoms in total. The zero-order chi connectivity index (χ0) is 36.4. The highest BCUT2D eigenvalue weighted by Crippen LogP contribution is 2.62. The predicted octanol–water partition coefficient (Wildman–Crippen LogP) is 8.98. The molecule has 0 radical (unpaired) electrons. The first-order valence-corrected chi connectivity index (χ1v) is 18.4. The number of rotatable bonds is 7. The summed E-state index contributed by atoms with van der Waals surface area (Å²) in [6.45, 7) is 7.50. The predicted molar refractivity (Wildman–Crippen MR) is 215 cm³/mol. The van der Waals surface area contributed by atoms with E-state index in [2.05, 4.69) is 109 Å². The first kappa shape index (κ1) is 33.3. The molecular formula is C47H41BN2O3. The number of hydrogen-bond acceptors (Lipinski definition) is 5. The molecule has 1 aromatic heterocycles. The van der Waals surface area contributed by atoms with Gasteiger partial charge < -0.3 is 14.5 Å². The van der Waals surface area contributed by atoms with Gasteiger partial charge in [0.15, 0.2) is 5.82 Å². The van der Waals surface area contributed by atoms with Crippen LogP contribution in [0.3, 0.4) is 0 Å². The van der Waals surface area contributed by atoms with E-state index in [0.717, 1.165) is 51.3 Å². The Morgan fingerprint density at radius 1 is 0.717 bits per heavy atom. The Bertz CT molecular complexity index is 2370. The molecular weight excluding hydrogens is 651 g/mol. The molecule has 260 valence electrons. The number of para-hydroxylation sites is 1. The highest BCUT2D eigenvalue weighted by atomic mass is 16.5. The van der Waals surface area contributed by atoms with E-state index in [-0.39, 0.29) is 6.10 Å². The Morgan fingerprint density at radius 2 is 1.36 bits per heavy atom. The molecule has 53 heavy (non-hydrogen) atoms. The molecule has 6 aromatic rings. The van der Waals surface area contributed by atoms with E-state index in [9.17, 15) is 5.11 Å². The van der Waals surface area contributed by atoms with E-state index >= 15 is 0 Å². The number of fused-ring (bicyclic) bond motifs is 9. The third kappa shape index (κ3) is 5.31. The lowest BCUT2D eigenvalue weighted by Gasteiger charge is -2.45. The zero-order valence-corrected chi connectivity index (χ0v) is 30.5. The van der Waals surface area contributed by atoms with E-state index in [1.54, 1.807) is 13.8 Å². The average Bonchev–Trinajstić information content (AvgIpc) is 3.48. The van der Waals surface area contributed by atoms with Crippen molar-refractivity contribution in [2.24, 2.45) is 0 Å². The molecule has 6 heteroatoms. The molecule has 0 bridgehead atoms. The first-order chi connectivity index (χ1) is 25.7. The van der Waals surface area contributed by atoms with Crippen LogP contribution in [-0.2, 0) is 10.1 Å². The lowest BCUT2D eigenvalue weighted by atomic mass is 9.62. The Morgan fingerprint density at radius 3 is 2.13 bits per heavy atom. The number of aliphatic hydroxyl groups is 1. The summed E-state index contributed by atoms with van der Waals surface area (Å²) in [7, 11) is 0.363. The maximum atomic E-state index is 10.9. The quantitative estimate of drug-likeness (QED) is 0.169. The fraction of sp³-hybridized carbons (Fsp3) is 0.191. The van der Waals surface area contributed by atoms with Gasteiger partial charge >= 0.3 is 7.48 Å². The second-order valence-corrected chi connectivity index (χ2v) is 15.3. The number of aromatic nitrogens is 2. The van der Waals surface area contributed by atoms with Crippen LogP contribution in [0.5, 0.6) is 5.75 Å². The van der Waals surface area contributed by atoms with E-state index < -0.39 is 16.6 Å². The molecule has 3 aliphatic rings. The van der Waals surface area contributed by atoms with Gasteiger partial charge in [-0.15, -0.1) is 0 Å². The molecule has 2 unspecified atom stereocenters. The number of ether oxygens (including phenoxy) is 1. The topological polar surface area (TPSA) is 64.5 Å². The summed E-state index contributed by atoms with van der Waals surface area (Å²) in [5.74, 6) is 1.51. The maximum absolute atomic E-state index is 10.9. The second-order valence-electron chi connectivity index (χ2n) is 15.3. The fourth-order valence-corrected chi connectivity index (χ4v) is 8.16. The van der Waals surface area contributed by atoms with Gasteiger partial charge in [-0.25, -0.2) is 9.97 Å². The van der Waals surface area contributed by atoms with Gasteiger partial charge in [0.25, 0.3) is 0 Å². The van der Waals surface area contributed by atoms with E-state index in [0.29, 0.717) is 13.3 Å². The highest BCUT2D eigenvalue weighted by molar-refractivity contribution is 6.50. The summed E-state index contributed by atoms with van der Waals surface area (Å²) in [5.41, 5.74) is 10.4. The van der Waals surface area contributed by atoms with Crippen molar-refractivity contribution < 1.29 is 14.5 Å². The Kier molecular flexibility index (Phi) is 7.88. The van der Waals surface area contributed by atoms with Crippen LogP contribution in [0.25, 0.3) is 45.0 Å². The average molecular weight is 693 g/mol. The minimum atomic E-state index is -1.02. The van der Waals surface area contributed by atoms with Crippen molar-refractivity contribution in [1.82, 2.24) is 9.97 Å². The molecule has 0 amide bonds. The highest BCUT2D eigenvalue weighted by Gasteiger charge is 2.54. The van der Waals surface area contributed by atoms with E-state index in [4.69, 9.17) is 19.4 Å². The van der Waals surface area contributed by atoms with Crippen molar-refractivity contribution in [3.05, 3.63) is 168 Å². The Labute approximate surface area is 312 Å². The largest absolute Gasteiger partial charge is 0.485 e. The molecule has 9 rings (SSSR count). The van der Waals surface area contributed by atoms with Gasteiger partial charge in [-0.3, -0.25) is 0 Å². The van der Waals surface area contributed by atoms with Crippen LogP contribution >= 0.6 is 0 Å². The van der Waals surface area contributed by atoms with Crippen molar-refractivity contribution >= 4 is 12.9 Å². The summed E-state index contributed by atoms with van der Waals surface area (Å²) in [6, 6.07) is 44.5. The second kappa shape index (κ2) is 12.5. The normalized spacial score (nSPS) is 18.4. The van der Waals surface area contributed by atoms with Crippen molar-refractivity contribution in [2.45, 2.75) is 56.8 Å². The van der Waals surface area contributed by atoms with Gasteiger partial charge in [-0.2, -0.15) is 0 Å². The van der Waals surface area contributed by atoms with Gasteiger partial charge in [-0.1, -0.05) is 133 Å². The van der Waals surface area contributed by atoms with Crippen LogP contribution in [0, 0.1) is 0 Å². The summed E-state index contributed by atoms with van der Waals surface area (Å²) >= 11 is 0. The molecule has 2 aliphatic carbocycles. The minimum absolute atomic E-state index is 0.175. The van der Waals surface area contributed by atoms with Gasteiger partial charge in [0.1, 0.15) is 11.9 Å². The molecule has 0 fully saturated rings. The zero-order valence-electron chi connectivity index (χ0n) is 30.5. The first-order valence-electron chi connectivity index (χ1n) is 18.4. The van der Waals surface area contributed by atoms with Gasteiger partial charge in [0, 0.05) is 28.7 Å². The lowest BCUT2D eigenvalue weighted by Crippen LogP contribution is -2.49. The number of hydrogen-bond donors (Lipinski definition) is 1. The van der Waals surface area contributed by atoms with Gasteiger partial charge in [-0.05, 0) is 73.1 Å². The molecule has 0 saturated carbocycles. The summed E-state index contributed by atoms with van der Waals surface area (Å²) in [6.07, 6.45) is 7.23. The van der Waals surface area contributed by atoms with E-state index in [1.807, 2.05) is 50.2 Å². The van der Waals surface area contributed by atoms with Crippen LogP contribution in [-0.4, -0.2) is 39.9 Å². The van der Waals surface area contributed by atoms with Crippen molar-refractivity contribution in [1.29, 1.82) is 0 Å². The summed E-state index contributed by atoms with van der Waals surface area (Å²) in [5, 5.41) is 10.9. The van der Waals surface area contributed by atoms with Gasteiger partial charge in [0.05, 0.1) is 28.0 Å². The number of allylic oxidation sites excluding steroid dienone is 2. The third-order valence-electron chi connectivity index (χ3n) is 11.5. The summed E-state index contributed by atoms with van der Waals surface area (Å²) < 4.78 is 13.7. The van der Waals surface area contributed by atoms with Crippen LogP contribution in [0.1, 0.15) is 50.8 Å². The Hall–Kier alpha value is -5.56. The van der Waals surface area contributed by atoms with Crippen molar-refractivity contribution in [3.63, 3.8) is 0 Å². The molecule has 1 spiro atoms. The smallest absolute Gasteiger partial charge is 0.310 e. The van der Waals surface area contributed by atoms with Gasteiger partial charge in [0.2, 0.25) is 0 Å². The fourth-order valence-electron chi connectivity index (χ4n) is 8.16. The maximum Gasteiger partial charge on any atom is 0.310 e. The Balaban J connectivity index is 1.29. The molecule has 0 saturated heterocycles. The van der Waals surface area contributed by atoms with Crippen molar-refractivity contribution in [3.8, 4) is 50.8 Å². The van der Waals surface area contributed by atoms with Crippen LogP contribution in [0.15, 0.2) is 151 Å². The number of benzene rings is 5. The number of nitrogens with zero attached hydrogens (tertiary/aromatic N) is 2. The molecule has 1 N–H and O–H groups in total. The monoisotopic (exact) mass is 692 g/mol. The molecule has 1 aliphatic heterocycles. The van der Waals surface area contributed by atoms with E-state index in [1.165, 1.54) is 27.8 Å². The van der Waals surface area contributed by atoms with Crippen LogP contribution in [0.4, 0.5) is 0 Å². The van der Waals surface area contributed by atoms with Crippen molar-refractivity contribution in [2.75, 3.05) is 0 Å². The summed E-state index contributed by atoms with van der Waals surface area (Å²) in [4.78, 5) is 10.3. The minimum Gasteiger partial charge on any atom is -0.485 e. The molecule has 2 atom stereocenters.